The molecule has 0 unspecified atom stereocenters. The maximum Gasteiger partial charge on any atom is 0.219 e. The van der Waals surface area contributed by atoms with Gasteiger partial charge in [0.05, 0.1) is 0 Å². The van der Waals surface area contributed by atoms with E-state index in [2.05, 4.69) is 5.32 Å². The second kappa shape index (κ2) is 4.84. The van der Waals surface area contributed by atoms with E-state index in [1.807, 2.05) is 4.90 Å². The second-order valence-electron chi connectivity index (χ2n) is 3.48. The molecule has 0 aromatic carbocycles. The summed E-state index contributed by atoms with van der Waals surface area (Å²) in [5.41, 5.74) is 0. The molecule has 0 bridgehead atoms. The fourth-order valence-corrected chi connectivity index (χ4v) is 1.67. The average molecular weight is 184 g/mol. The third-order valence-corrected chi connectivity index (χ3v) is 2.55. The Hall–Kier alpha value is -1.06. The second-order valence-corrected chi connectivity index (χ2v) is 3.48. The highest BCUT2D eigenvalue weighted by atomic mass is 16.2. The fraction of sp³-hybridized carbons (Fsp3) is 0.778. The maximum atomic E-state index is 11.0. The van der Waals surface area contributed by atoms with Gasteiger partial charge in [0.2, 0.25) is 12.3 Å². The molecule has 1 aliphatic heterocycles. The Balaban J connectivity index is 2.22. The van der Waals surface area contributed by atoms with Crippen LogP contribution >= 0.6 is 0 Å². The molecule has 4 heteroatoms. The predicted molar refractivity (Wildman–Crippen MR) is 49.0 cm³/mol. The summed E-state index contributed by atoms with van der Waals surface area (Å²) in [5.74, 6) is 0.697. The van der Waals surface area contributed by atoms with Crippen LogP contribution in [0.15, 0.2) is 0 Å². The van der Waals surface area contributed by atoms with Crippen LogP contribution in [0.25, 0.3) is 0 Å². The number of piperidine rings is 1. The molecule has 13 heavy (non-hydrogen) atoms. The zero-order valence-electron chi connectivity index (χ0n) is 7.95. The van der Waals surface area contributed by atoms with E-state index >= 15 is 0 Å². The third kappa shape index (κ3) is 3.05. The van der Waals surface area contributed by atoms with Crippen LogP contribution in [0.5, 0.6) is 0 Å². The van der Waals surface area contributed by atoms with Crippen molar-refractivity contribution in [3.63, 3.8) is 0 Å². The molecule has 0 radical (unpaired) electrons. The van der Waals surface area contributed by atoms with Crippen molar-refractivity contribution < 1.29 is 9.59 Å². The number of hydrogen-bond donors (Lipinski definition) is 1. The molecule has 0 aromatic rings. The molecule has 1 N–H and O–H groups in total. The summed E-state index contributed by atoms with van der Waals surface area (Å²) in [6.45, 7) is 4.01. The van der Waals surface area contributed by atoms with Crippen molar-refractivity contribution in [2.45, 2.75) is 19.8 Å². The van der Waals surface area contributed by atoms with Gasteiger partial charge in [-0.05, 0) is 18.8 Å². The molecule has 0 atom stereocenters. The number of carbonyl (C=O) groups excluding carboxylic acids is 2. The highest BCUT2D eigenvalue weighted by Crippen LogP contribution is 2.15. The number of nitrogens with one attached hydrogen (secondary N) is 1. The van der Waals surface area contributed by atoms with Gasteiger partial charge in [0.25, 0.3) is 0 Å². The largest absolute Gasteiger partial charge is 0.358 e. The Morgan fingerprint density at radius 2 is 2.15 bits per heavy atom. The maximum absolute atomic E-state index is 11.0. The molecule has 1 heterocycles. The van der Waals surface area contributed by atoms with Crippen molar-refractivity contribution in [2.24, 2.45) is 5.92 Å². The van der Waals surface area contributed by atoms with Gasteiger partial charge in [-0.25, -0.2) is 0 Å². The topological polar surface area (TPSA) is 49.4 Å². The highest BCUT2D eigenvalue weighted by Gasteiger charge is 2.19. The van der Waals surface area contributed by atoms with Crippen LogP contribution < -0.4 is 5.32 Å². The van der Waals surface area contributed by atoms with Gasteiger partial charge in [-0.3, -0.25) is 9.59 Å². The summed E-state index contributed by atoms with van der Waals surface area (Å²) in [6.07, 6.45) is 2.73. The molecule has 0 saturated carbocycles. The number of rotatable bonds is 3. The predicted octanol–water partition coefficient (Wildman–Crippen LogP) is -0.00910. The van der Waals surface area contributed by atoms with E-state index in [4.69, 9.17) is 0 Å². The van der Waals surface area contributed by atoms with E-state index in [0.717, 1.165) is 38.9 Å². The van der Waals surface area contributed by atoms with E-state index in [1.165, 1.54) is 0 Å². The van der Waals surface area contributed by atoms with Crippen LogP contribution in [0.2, 0.25) is 0 Å². The summed E-state index contributed by atoms with van der Waals surface area (Å²) in [5, 5.41) is 2.68. The molecule has 0 aliphatic carbocycles. The molecule has 0 spiro atoms. The Morgan fingerprint density at radius 1 is 1.54 bits per heavy atom. The lowest BCUT2D eigenvalue weighted by Gasteiger charge is -2.30. The molecule has 1 saturated heterocycles. The van der Waals surface area contributed by atoms with Crippen LogP contribution in [0, 0.1) is 5.92 Å². The summed E-state index contributed by atoms with van der Waals surface area (Å²) in [7, 11) is 0. The first-order chi connectivity index (χ1) is 6.24. The van der Waals surface area contributed by atoms with Gasteiger partial charge in [0.1, 0.15) is 0 Å². The van der Waals surface area contributed by atoms with Crippen molar-refractivity contribution in [1.82, 2.24) is 10.2 Å². The van der Waals surface area contributed by atoms with Crippen molar-refractivity contribution in [3.8, 4) is 0 Å². The summed E-state index contributed by atoms with van der Waals surface area (Å²) in [6, 6.07) is 0. The average Bonchev–Trinajstić information content (AvgIpc) is 2.15. The zero-order valence-corrected chi connectivity index (χ0v) is 7.95. The Labute approximate surface area is 78.3 Å². The quantitative estimate of drug-likeness (QED) is 0.627. The van der Waals surface area contributed by atoms with E-state index in [-0.39, 0.29) is 5.91 Å². The number of hydrogen-bond acceptors (Lipinski definition) is 2. The van der Waals surface area contributed by atoms with E-state index in [1.54, 1.807) is 6.92 Å². The lowest BCUT2D eigenvalue weighted by atomic mass is 9.97. The van der Waals surface area contributed by atoms with Crippen molar-refractivity contribution >= 4 is 12.3 Å². The number of likely N-dealkylation sites (tertiary alicyclic amines) is 1. The Bertz CT molecular complexity index is 186. The molecular weight excluding hydrogens is 168 g/mol. The zero-order chi connectivity index (χ0) is 9.68. The summed E-state index contributed by atoms with van der Waals surface area (Å²) in [4.78, 5) is 22.9. The smallest absolute Gasteiger partial charge is 0.219 e. The van der Waals surface area contributed by atoms with Gasteiger partial charge < -0.3 is 10.2 Å². The fourth-order valence-electron chi connectivity index (χ4n) is 1.67. The number of amides is 2. The molecule has 2 amide bonds. The minimum atomic E-state index is 0.154. The normalized spacial score (nSPS) is 18.4. The van der Waals surface area contributed by atoms with Crippen molar-refractivity contribution in [3.05, 3.63) is 0 Å². The molecule has 0 aromatic heterocycles. The van der Waals surface area contributed by atoms with E-state index < -0.39 is 0 Å². The highest BCUT2D eigenvalue weighted by molar-refractivity contribution is 5.73. The van der Waals surface area contributed by atoms with E-state index in [0.29, 0.717) is 5.92 Å². The minimum Gasteiger partial charge on any atom is -0.358 e. The summed E-state index contributed by atoms with van der Waals surface area (Å²) < 4.78 is 0. The van der Waals surface area contributed by atoms with Crippen LogP contribution in [-0.2, 0) is 9.59 Å². The SMILES string of the molecule is CC(=O)N1CCC(CNC=O)CC1. The summed E-state index contributed by atoms with van der Waals surface area (Å²) >= 11 is 0. The Kier molecular flexibility index (Phi) is 3.73. The van der Waals surface area contributed by atoms with Gasteiger partial charge in [-0.15, -0.1) is 0 Å². The Morgan fingerprint density at radius 3 is 2.62 bits per heavy atom. The van der Waals surface area contributed by atoms with Crippen LogP contribution in [-0.4, -0.2) is 36.9 Å². The first-order valence-electron chi connectivity index (χ1n) is 4.66. The van der Waals surface area contributed by atoms with Crippen molar-refractivity contribution in [1.29, 1.82) is 0 Å². The van der Waals surface area contributed by atoms with Gasteiger partial charge in [-0.1, -0.05) is 0 Å². The van der Waals surface area contributed by atoms with Gasteiger partial charge in [0, 0.05) is 26.6 Å². The van der Waals surface area contributed by atoms with Crippen LogP contribution in [0.3, 0.4) is 0 Å². The molecule has 1 rings (SSSR count). The van der Waals surface area contributed by atoms with Crippen LogP contribution in [0.1, 0.15) is 19.8 Å². The van der Waals surface area contributed by atoms with Crippen molar-refractivity contribution in [2.75, 3.05) is 19.6 Å². The molecule has 1 fully saturated rings. The monoisotopic (exact) mass is 184 g/mol. The number of carbonyl (C=O) groups is 2. The van der Waals surface area contributed by atoms with Gasteiger partial charge in [0.15, 0.2) is 0 Å². The first kappa shape index (κ1) is 10.0. The lowest BCUT2D eigenvalue weighted by molar-refractivity contribution is -0.130. The van der Waals surface area contributed by atoms with Gasteiger partial charge in [-0.2, -0.15) is 0 Å². The minimum absolute atomic E-state index is 0.154. The molecule has 1 aliphatic rings. The van der Waals surface area contributed by atoms with Gasteiger partial charge >= 0.3 is 0 Å². The standard InChI is InChI=1S/C9H16N2O2/c1-8(13)11-4-2-9(3-5-11)6-10-7-12/h7,9H,2-6H2,1H3,(H,10,12). The van der Waals surface area contributed by atoms with E-state index in [9.17, 15) is 9.59 Å². The van der Waals surface area contributed by atoms with Crippen LogP contribution in [0.4, 0.5) is 0 Å². The molecule has 4 nitrogen and oxygen atoms in total. The number of nitrogens with zero attached hydrogens (tertiary/aromatic N) is 1. The molecule has 74 valence electrons. The lowest BCUT2D eigenvalue weighted by Crippen LogP contribution is -2.39. The third-order valence-electron chi connectivity index (χ3n) is 2.55. The first-order valence-corrected chi connectivity index (χ1v) is 4.66. The molecular formula is C9H16N2O2.